The summed E-state index contributed by atoms with van der Waals surface area (Å²) in [7, 11) is 0. The van der Waals surface area contributed by atoms with Gasteiger partial charge in [-0.15, -0.1) is 0 Å². The van der Waals surface area contributed by atoms with Crippen LogP contribution in [0.4, 0.5) is 18.9 Å². The van der Waals surface area contributed by atoms with Crippen LogP contribution in [0.1, 0.15) is 18.0 Å². The van der Waals surface area contributed by atoms with Gasteiger partial charge < -0.3 is 11.5 Å². The molecule has 4 N–H and O–H groups in total. The second-order valence-corrected chi connectivity index (χ2v) is 2.93. The van der Waals surface area contributed by atoms with E-state index in [2.05, 4.69) is 4.98 Å². The topological polar surface area (TPSA) is 64.9 Å². The number of aromatic nitrogens is 1. The van der Waals surface area contributed by atoms with Crippen molar-refractivity contribution in [3.63, 3.8) is 0 Å². The molecule has 0 saturated heterocycles. The number of nitrogens with two attached hydrogens (primary N) is 2. The summed E-state index contributed by atoms with van der Waals surface area (Å²) in [6.45, 7) is 0. The van der Waals surface area contributed by atoms with Crippen molar-refractivity contribution in [2.45, 2.75) is 18.6 Å². The summed E-state index contributed by atoms with van der Waals surface area (Å²) < 4.78 is 36.0. The van der Waals surface area contributed by atoms with E-state index < -0.39 is 18.6 Å². The monoisotopic (exact) mass is 205 g/mol. The highest BCUT2D eigenvalue weighted by Crippen LogP contribution is 2.29. The van der Waals surface area contributed by atoms with E-state index in [0.717, 1.165) is 0 Å². The van der Waals surface area contributed by atoms with Crippen LogP contribution in [0.15, 0.2) is 18.5 Å². The number of anilines is 1. The second kappa shape index (κ2) is 3.83. The van der Waals surface area contributed by atoms with Gasteiger partial charge in [-0.1, -0.05) is 0 Å². The lowest BCUT2D eigenvalue weighted by atomic mass is 10.0. The Balaban J connectivity index is 2.80. The van der Waals surface area contributed by atoms with Crippen molar-refractivity contribution in [2.75, 3.05) is 5.73 Å². The average Bonchev–Trinajstić information content (AvgIpc) is 2.01. The van der Waals surface area contributed by atoms with Gasteiger partial charge in [-0.3, -0.25) is 4.98 Å². The van der Waals surface area contributed by atoms with Gasteiger partial charge in [-0.05, 0) is 11.6 Å². The van der Waals surface area contributed by atoms with Crippen molar-refractivity contribution in [1.82, 2.24) is 4.98 Å². The molecule has 1 aromatic rings. The predicted octanol–water partition coefficient (Wildman–Crippen LogP) is 1.62. The van der Waals surface area contributed by atoms with Crippen LogP contribution in [0.2, 0.25) is 0 Å². The van der Waals surface area contributed by atoms with E-state index in [1.807, 2.05) is 0 Å². The molecular formula is C8H10F3N3. The van der Waals surface area contributed by atoms with Gasteiger partial charge in [0.15, 0.2) is 0 Å². The minimum Gasteiger partial charge on any atom is -0.397 e. The predicted molar refractivity (Wildman–Crippen MR) is 46.2 cm³/mol. The Morgan fingerprint density at radius 1 is 1.43 bits per heavy atom. The van der Waals surface area contributed by atoms with Crippen LogP contribution >= 0.6 is 0 Å². The third-order valence-corrected chi connectivity index (χ3v) is 1.74. The fourth-order valence-electron chi connectivity index (χ4n) is 1.11. The van der Waals surface area contributed by atoms with Crippen LogP contribution in [-0.2, 0) is 0 Å². The Kier molecular flexibility index (Phi) is 2.95. The van der Waals surface area contributed by atoms with E-state index in [4.69, 9.17) is 11.5 Å². The maximum atomic E-state index is 12.0. The van der Waals surface area contributed by atoms with Crippen molar-refractivity contribution in [3.05, 3.63) is 24.0 Å². The lowest BCUT2D eigenvalue weighted by Crippen LogP contribution is -2.21. The first-order chi connectivity index (χ1) is 6.40. The molecular weight excluding hydrogens is 195 g/mol. The number of nitrogens with zero attached hydrogens (tertiary/aromatic N) is 1. The summed E-state index contributed by atoms with van der Waals surface area (Å²) in [6.07, 6.45) is -2.72. The third kappa shape index (κ3) is 2.88. The highest BCUT2D eigenvalue weighted by atomic mass is 19.4. The fourth-order valence-corrected chi connectivity index (χ4v) is 1.11. The van der Waals surface area contributed by atoms with E-state index in [-0.39, 0.29) is 11.3 Å². The second-order valence-electron chi connectivity index (χ2n) is 2.93. The third-order valence-electron chi connectivity index (χ3n) is 1.74. The summed E-state index contributed by atoms with van der Waals surface area (Å²) in [4.78, 5) is 3.66. The molecule has 1 aromatic heterocycles. The molecule has 0 fully saturated rings. The van der Waals surface area contributed by atoms with Gasteiger partial charge in [0, 0.05) is 12.2 Å². The van der Waals surface area contributed by atoms with Gasteiger partial charge in [-0.2, -0.15) is 13.2 Å². The first-order valence-corrected chi connectivity index (χ1v) is 3.92. The highest BCUT2D eigenvalue weighted by molar-refractivity contribution is 5.45. The molecule has 0 amide bonds. The average molecular weight is 205 g/mol. The molecule has 0 unspecified atom stereocenters. The Morgan fingerprint density at radius 2 is 2.07 bits per heavy atom. The van der Waals surface area contributed by atoms with Crippen LogP contribution in [0, 0.1) is 0 Å². The van der Waals surface area contributed by atoms with E-state index in [0.29, 0.717) is 0 Å². The van der Waals surface area contributed by atoms with Crippen molar-refractivity contribution in [1.29, 1.82) is 0 Å². The van der Waals surface area contributed by atoms with Gasteiger partial charge in [0.1, 0.15) is 0 Å². The Hall–Kier alpha value is -1.30. The van der Waals surface area contributed by atoms with E-state index in [1.165, 1.54) is 18.5 Å². The summed E-state index contributed by atoms with van der Waals surface area (Å²) in [5.41, 5.74) is 11.2. The Labute approximate surface area is 78.9 Å². The van der Waals surface area contributed by atoms with Gasteiger partial charge in [0.2, 0.25) is 0 Å². The largest absolute Gasteiger partial charge is 0.397 e. The van der Waals surface area contributed by atoms with Crippen LogP contribution in [-0.4, -0.2) is 11.2 Å². The number of halogens is 3. The fraction of sp³-hybridized carbons (Fsp3) is 0.375. The van der Waals surface area contributed by atoms with Crippen LogP contribution in [0.5, 0.6) is 0 Å². The SMILES string of the molecule is Nc1cnccc1[C@@H](N)CC(F)(F)F. The number of alkyl halides is 3. The van der Waals surface area contributed by atoms with E-state index in [1.54, 1.807) is 0 Å². The first-order valence-electron chi connectivity index (χ1n) is 3.92. The van der Waals surface area contributed by atoms with Gasteiger partial charge in [-0.25, -0.2) is 0 Å². The molecule has 0 spiro atoms. The number of pyridine rings is 1. The van der Waals surface area contributed by atoms with Crippen molar-refractivity contribution < 1.29 is 13.2 Å². The summed E-state index contributed by atoms with van der Waals surface area (Å²) >= 11 is 0. The molecule has 0 aliphatic carbocycles. The molecule has 1 rings (SSSR count). The zero-order valence-corrected chi connectivity index (χ0v) is 7.25. The molecule has 0 bridgehead atoms. The van der Waals surface area contributed by atoms with Gasteiger partial charge in [0.25, 0.3) is 0 Å². The van der Waals surface area contributed by atoms with Crippen LogP contribution < -0.4 is 11.5 Å². The Morgan fingerprint density at radius 3 is 2.57 bits per heavy atom. The molecule has 0 aromatic carbocycles. The number of hydrogen-bond donors (Lipinski definition) is 2. The molecule has 1 atom stereocenters. The Bertz CT molecular complexity index is 311. The minimum absolute atomic E-state index is 0.184. The zero-order valence-electron chi connectivity index (χ0n) is 7.25. The number of rotatable bonds is 2. The lowest BCUT2D eigenvalue weighted by Gasteiger charge is -2.15. The molecule has 78 valence electrons. The number of hydrogen-bond acceptors (Lipinski definition) is 3. The molecule has 0 aliphatic rings. The zero-order chi connectivity index (χ0) is 10.8. The number of nitrogen functional groups attached to an aromatic ring is 1. The summed E-state index contributed by atoms with van der Waals surface area (Å²) in [5, 5.41) is 0. The highest BCUT2D eigenvalue weighted by Gasteiger charge is 2.31. The van der Waals surface area contributed by atoms with Gasteiger partial charge >= 0.3 is 6.18 Å². The molecule has 6 heteroatoms. The van der Waals surface area contributed by atoms with Gasteiger partial charge in [0.05, 0.1) is 18.3 Å². The normalized spacial score (nSPS) is 14.0. The molecule has 0 saturated carbocycles. The van der Waals surface area contributed by atoms with Crippen LogP contribution in [0.3, 0.4) is 0 Å². The summed E-state index contributed by atoms with van der Waals surface area (Å²) in [6, 6.07) is 0.268. The maximum absolute atomic E-state index is 12.0. The molecule has 0 aliphatic heterocycles. The smallest absolute Gasteiger partial charge is 0.390 e. The molecule has 3 nitrogen and oxygen atoms in total. The quantitative estimate of drug-likeness (QED) is 0.770. The van der Waals surface area contributed by atoms with Crippen molar-refractivity contribution in [2.24, 2.45) is 5.73 Å². The molecule has 14 heavy (non-hydrogen) atoms. The van der Waals surface area contributed by atoms with Crippen molar-refractivity contribution >= 4 is 5.69 Å². The summed E-state index contributed by atoms with van der Waals surface area (Å²) in [5.74, 6) is 0. The van der Waals surface area contributed by atoms with Crippen LogP contribution in [0.25, 0.3) is 0 Å². The molecule has 0 radical (unpaired) electrons. The minimum atomic E-state index is -4.28. The molecule has 1 heterocycles. The standard InChI is InChI=1S/C8H10F3N3/c9-8(10,11)3-6(12)5-1-2-14-4-7(5)13/h1-2,4,6H,3,12-13H2/t6-/m0/s1. The first kappa shape index (κ1) is 10.8. The maximum Gasteiger partial charge on any atom is 0.390 e. The van der Waals surface area contributed by atoms with Crippen molar-refractivity contribution in [3.8, 4) is 0 Å². The van der Waals surface area contributed by atoms with E-state index in [9.17, 15) is 13.2 Å². The lowest BCUT2D eigenvalue weighted by molar-refractivity contribution is -0.138. The van der Waals surface area contributed by atoms with E-state index >= 15 is 0 Å².